The first-order valence-electron chi connectivity index (χ1n) is 7.68. The lowest BCUT2D eigenvalue weighted by atomic mass is 10.0. The van der Waals surface area contributed by atoms with Crippen LogP contribution in [0, 0.1) is 5.92 Å². The van der Waals surface area contributed by atoms with Crippen molar-refractivity contribution in [1.29, 1.82) is 0 Å². The Hall–Kier alpha value is -1.84. The lowest BCUT2D eigenvalue weighted by molar-refractivity contribution is -0.137. The molecule has 0 saturated heterocycles. The van der Waals surface area contributed by atoms with Gasteiger partial charge in [-0.25, -0.2) is 0 Å². The van der Waals surface area contributed by atoms with Crippen molar-refractivity contribution in [3.8, 4) is 0 Å². The number of hydrogen-bond donors (Lipinski definition) is 2. The fourth-order valence-corrected chi connectivity index (χ4v) is 2.76. The third kappa shape index (κ3) is 4.59. The molecule has 21 heavy (non-hydrogen) atoms. The molecule has 1 unspecified atom stereocenters. The quantitative estimate of drug-likeness (QED) is 0.811. The van der Waals surface area contributed by atoms with Crippen LogP contribution in [0.5, 0.6) is 0 Å². The fraction of sp³-hybridized carbons (Fsp3) is 0.529. The summed E-state index contributed by atoms with van der Waals surface area (Å²) in [5.41, 5.74) is 3.40. The predicted molar refractivity (Wildman–Crippen MR) is 81.5 cm³/mol. The molecular weight excluding hydrogens is 266 g/mol. The minimum absolute atomic E-state index is 0.0323. The number of benzene rings is 1. The van der Waals surface area contributed by atoms with E-state index >= 15 is 0 Å². The molecule has 1 aliphatic carbocycles. The summed E-state index contributed by atoms with van der Waals surface area (Å²) in [5.74, 6) is -0.486. The van der Waals surface area contributed by atoms with E-state index in [1.807, 2.05) is 19.1 Å². The fourth-order valence-electron chi connectivity index (χ4n) is 2.76. The van der Waals surface area contributed by atoms with Gasteiger partial charge in [0.05, 0.1) is 0 Å². The van der Waals surface area contributed by atoms with Crippen LogP contribution in [0.25, 0.3) is 0 Å². The van der Waals surface area contributed by atoms with E-state index in [4.69, 9.17) is 5.11 Å². The Morgan fingerprint density at radius 2 is 2.00 bits per heavy atom. The van der Waals surface area contributed by atoms with Crippen LogP contribution in [0.2, 0.25) is 0 Å². The number of carbonyl (C=O) groups is 2. The Morgan fingerprint density at radius 1 is 1.24 bits per heavy atom. The summed E-state index contributed by atoms with van der Waals surface area (Å²) in [4.78, 5) is 22.6. The van der Waals surface area contributed by atoms with E-state index < -0.39 is 5.97 Å². The molecule has 1 aliphatic rings. The molecule has 0 radical (unpaired) electrons. The maximum atomic E-state index is 12.1. The molecule has 4 heteroatoms. The number of carbonyl (C=O) groups excluding carboxylic acids is 1. The molecule has 0 saturated carbocycles. The van der Waals surface area contributed by atoms with E-state index in [1.165, 1.54) is 17.5 Å². The number of aryl methyl sites for hydroxylation is 2. The number of hydrogen-bond acceptors (Lipinski definition) is 2. The Bertz CT molecular complexity index is 525. The van der Waals surface area contributed by atoms with Crippen LogP contribution in [0.3, 0.4) is 0 Å². The van der Waals surface area contributed by atoms with Crippen molar-refractivity contribution >= 4 is 11.9 Å². The van der Waals surface area contributed by atoms with E-state index in [0.29, 0.717) is 18.9 Å². The molecule has 4 nitrogen and oxygen atoms in total. The number of fused-ring (bicyclic) bond motifs is 1. The second-order valence-corrected chi connectivity index (χ2v) is 5.92. The van der Waals surface area contributed by atoms with Gasteiger partial charge in [-0.2, -0.15) is 0 Å². The van der Waals surface area contributed by atoms with Crippen LogP contribution in [0.15, 0.2) is 18.2 Å². The van der Waals surface area contributed by atoms with Crippen molar-refractivity contribution in [3.63, 3.8) is 0 Å². The highest BCUT2D eigenvalue weighted by atomic mass is 16.4. The number of rotatable bonds is 7. The average molecular weight is 289 g/mol. The second-order valence-electron chi connectivity index (χ2n) is 5.92. The molecule has 1 aromatic rings. The molecule has 114 valence electrons. The largest absolute Gasteiger partial charge is 0.481 e. The van der Waals surface area contributed by atoms with E-state index in [-0.39, 0.29) is 12.3 Å². The number of carboxylic acids is 1. The normalized spacial score (nSPS) is 14.5. The van der Waals surface area contributed by atoms with Gasteiger partial charge in [-0.15, -0.1) is 0 Å². The number of nitrogens with one attached hydrogen (secondary N) is 1. The summed E-state index contributed by atoms with van der Waals surface area (Å²) >= 11 is 0. The maximum absolute atomic E-state index is 12.1. The van der Waals surface area contributed by atoms with Gasteiger partial charge in [-0.3, -0.25) is 9.59 Å². The van der Waals surface area contributed by atoms with Crippen LogP contribution in [0.1, 0.15) is 54.1 Å². The van der Waals surface area contributed by atoms with Crippen molar-refractivity contribution in [3.05, 3.63) is 34.9 Å². The van der Waals surface area contributed by atoms with Crippen molar-refractivity contribution in [1.82, 2.24) is 5.32 Å². The van der Waals surface area contributed by atoms with Gasteiger partial charge < -0.3 is 10.4 Å². The zero-order chi connectivity index (χ0) is 15.2. The third-order valence-corrected chi connectivity index (χ3v) is 4.13. The summed E-state index contributed by atoms with van der Waals surface area (Å²) in [6.45, 7) is 2.61. The molecule has 0 spiro atoms. The first-order chi connectivity index (χ1) is 10.1. The number of carboxylic acid groups (broad SMARTS) is 1. The minimum atomic E-state index is -0.760. The monoisotopic (exact) mass is 289 g/mol. The topological polar surface area (TPSA) is 66.4 Å². The summed E-state index contributed by atoms with van der Waals surface area (Å²) in [7, 11) is 0. The van der Waals surface area contributed by atoms with E-state index in [2.05, 4.69) is 11.4 Å². The summed E-state index contributed by atoms with van der Waals surface area (Å²) in [6, 6.07) is 5.96. The molecule has 0 heterocycles. The van der Waals surface area contributed by atoms with Crippen molar-refractivity contribution < 1.29 is 14.7 Å². The standard InChI is InChI=1S/C17H23NO3/c1-12(5-8-16(19)20)9-10-18-17(21)15-7-6-13-3-2-4-14(13)11-15/h6-7,11-12H,2-5,8-10H2,1H3,(H,18,21)(H,19,20). The molecule has 0 bridgehead atoms. The molecular formula is C17H23NO3. The van der Waals surface area contributed by atoms with E-state index in [0.717, 1.165) is 24.8 Å². The first kappa shape index (κ1) is 15.5. The lowest BCUT2D eigenvalue weighted by Crippen LogP contribution is -2.25. The SMILES string of the molecule is CC(CCNC(=O)c1ccc2c(c1)CCC2)CCC(=O)O. The molecule has 2 rings (SSSR count). The van der Waals surface area contributed by atoms with Gasteiger partial charge in [-0.1, -0.05) is 13.0 Å². The van der Waals surface area contributed by atoms with Crippen molar-refractivity contribution in [2.24, 2.45) is 5.92 Å². The Morgan fingerprint density at radius 3 is 2.76 bits per heavy atom. The van der Waals surface area contributed by atoms with Crippen LogP contribution >= 0.6 is 0 Å². The van der Waals surface area contributed by atoms with Crippen LogP contribution < -0.4 is 5.32 Å². The number of amides is 1. The molecule has 2 N–H and O–H groups in total. The van der Waals surface area contributed by atoms with Crippen molar-refractivity contribution in [2.75, 3.05) is 6.54 Å². The maximum Gasteiger partial charge on any atom is 0.303 e. The molecule has 0 aliphatic heterocycles. The minimum Gasteiger partial charge on any atom is -0.481 e. The first-order valence-corrected chi connectivity index (χ1v) is 7.68. The predicted octanol–water partition coefficient (Wildman–Crippen LogP) is 2.80. The summed E-state index contributed by atoms with van der Waals surface area (Å²) in [6.07, 6.45) is 5.04. The van der Waals surface area contributed by atoms with Gasteiger partial charge in [0.25, 0.3) is 5.91 Å². The average Bonchev–Trinajstić information content (AvgIpc) is 2.92. The van der Waals surface area contributed by atoms with E-state index in [1.54, 1.807) is 0 Å². The lowest BCUT2D eigenvalue weighted by Gasteiger charge is -2.11. The van der Waals surface area contributed by atoms with Crippen LogP contribution in [-0.2, 0) is 17.6 Å². The summed E-state index contributed by atoms with van der Waals surface area (Å²) in [5, 5.41) is 11.6. The zero-order valence-corrected chi connectivity index (χ0v) is 12.5. The molecule has 0 aromatic heterocycles. The van der Waals surface area contributed by atoms with E-state index in [9.17, 15) is 9.59 Å². The Kier molecular flexibility index (Phi) is 5.37. The smallest absolute Gasteiger partial charge is 0.303 e. The molecule has 1 aromatic carbocycles. The van der Waals surface area contributed by atoms with Gasteiger partial charge in [0.2, 0.25) is 0 Å². The highest BCUT2D eigenvalue weighted by Gasteiger charge is 2.14. The third-order valence-electron chi connectivity index (χ3n) is 4.13. The Labute approximate surface area is 125 Å². The summed E-state index contributed by atoms with van der Waals surface area (Å²) < 4.78 is 0. The molecule has 0 fully saturated rings. The zero-order valence-electron chi connectivity index (χ0n) is 12.5. The second kappa shape index (κ2) is 7.25. The Balaban J connectivity index is 1.76. The highest BCUT2D eigenvalue weighted by Crippen LogP contribution is 2.22. The van der Waals surface area contributed by atoms with Crippen molar-refractivity contribution in [2.45, 2.75) is 45.4 Å². The van der Waals surface area contributed by atoms with Gasteiger partial charge >= 0.3 is 5.97 Å². The molecule has 1 atom stereocenters. The molecule has 1 amide bonds. The van der Waals surface area contributed by atoms with Crippen LogP contribution in [-0.4, -0.2) is 23.5 Å². The van der Waals surface area contributed by atoms with Gasteiger partial charge in [0.15, 0.2) is 0 Å². The van der Waals surface area contributed by atoms with Gasteiger partial charge in [0, 0.05) is 18.5 Å². The van der Waals surface area contributed by atoms with Gasteiger partial charge in [0.1, 0.15) is 0 Å². The number of aliphatic carboxylic acids is 1. The van der Waals surface area contributed by atoms with Crippen LogP contribution in [0.4, 0.5) is 0 Å². The highest BCUT2D eigenvalue weighted by molar-refractivity contribution is 5.94. The van der Waals surface area contributed by atoms with Gasteiger partial charge in [-0.05, 0) is 61.3 Å².